The molecule has 0 saturated carbocycles. The number of rotatable bonds is 5. The van der Waals surface area contributed by atoms with Crippen molar-refractivity contribution in [3.63, 3.8) is 0 Å². The predicted molar refractivity (Wildman–Crippen MR) is 88.7 cm³/mol. The van der Waals surface area contributed by atoms with Crippen LogP contribution in [0.3, 0.4) is 0 Å². The van der Waals surface area contributed by atoms with Gasteiger partial charge in [0.15, 0.2) is 0 Å². The Morgan fingerprint density at radius 1 is 1.35 bits per heavy atom. The van der Waals surface area contributed by atoms with Gasteiger partial charge in [0, 0.05) is 27.1 Å². The highest BCUT2D eigenvalue weighted by Gasteiger charge is 2.44. The Balaban J connectivity index is 2.07. The molecule has 0 aromatic heterocycles. The molecule has 0 radical (unpaired) electrons. The third kappa shape index (κ3) is 3.72. The SMILES string of the molecule is CC(=O)N1CCCC1(CO)CC(=O)N(C)Cc1ccccc1C. The Kier molecular flexibility index (Phi) is 5.42. The van der Waals surface area contributed by atoms with Crippen LogP contribution in [0.2, 0.25) is 0 Å². The van der Waals surface area contributed by atoms with E-state index in [4.69, 9.17) is 0 Å². The summed E-state index contributed by atoms with van der Waals surface area (Å²) in [5.41, 5.74) is 1.52. The number of carbonyl (C=O) groups is 2. The Labute approximate surface area is 137 Å². The van der Waals surface area contributed by atoms with Crippen molar-refractivity contribution in [3.05, 3.63) is 35.4 Å². The largest absolute Gasteiger partial charge is 0.394 e. The molecule has 1 unspecified atom stereocenters. The first kappa shape index (κ1) is 17.5. The molecule has 0 bridgehead atoms. The van der Waals surface area contributed by atoms with E-state index in [1.54, 1.807) is 16.8 Å². The van der Waals surface area contributed by atoms with Crippen LogP contribution in [0.5, 0.6) is 0 Å². The van der Waals surface area contributed by atoms with Crippen LogP contribution in [0.4, 0.5) is 0 Å². The Morgan fingerprint density at radius 3 is 2.65 bits per heavy atom. The normalized spacial score (nSPS) is 20.6. The van der Waals surface area contributed by atoms with Gasteiger partial charge in [0.2, 0.25) is 11.8 Å². The van der Waals surface area contributed by atoms with Gasteiger partial charge in [0.05, 0.1) is 18.6 Å². The van der Waals surface area contributed by atoms with Crippen molar-refractivity contribution in [2.24, 2.45) is 0 Å². The number of amides is 2. The molecule has 1 heterocycles. The van der Waals surface area contributed by atoms with E-state index in [2.05, 4.69) is 0 Å². The molecule has 5 heteroatoms. The zero-order valence-corrected chi connectivity index (χ0v) is 14.2. The number of nitrogens with zero attached hydrogens (tertiary/aromatic N) is 2. The molecule has 1 fully saturated rings. The average molecular weight is 318 g/mol. The number of carbonyl (C=O) groups excluding carboxylic acids is 2. The van der Waals surface area contributed by atoms with Crippen molar-refractivity contribution in [3.8, 4) is 0 Å². The van der Waals surface area contributed by atoms with Gasteiger partial charge in [0.25, 0.3) is 0 Å². The zero-order chi connectivity index (χ0) is 17.0. The van der Waals surface area contributed by atoms with Crippen LogP contribution >= 0.6 is 0 Å². The van der Waals surface area contributed by atoms with Crippen LogP contribution in [0.25, 0.3) is 0 Å². The van der Waals surface area contributed by atoms with E-state index in [-0.39, 0.29) is 24.8 Å². The topological polar surface area (TPSA) is 60.9 Å². The van der Waals surface area contributed by atoms with E-state index in [0.29, 0.717) is 19.5 Å². The Bertz CT molecular complexity index is 587. The second-order valence-electron chi connectivity index (χ2n) is 6.51. The second kappa shape index (κ2) is 7.13. The van der Waals surface area contributed by atoms with Gasteiger partial charge in [0.1, 0.15) is 0 Å². The lowest BCUT2D eigenvalue weighted by molar-refractivity contribution is -0.140. The van der Waals surface area contributed by atoms with Crippen molar-refractivity contribution < 1.29 is 14.7 Å². The van der Waals surface area contributed by atoms with E-state index in [9.17, 15) is 14.7 Å². The van der Waals surface area contributed by atoms with E-state index < -0.39 is 5.54 Å². The highest BCUT2D eigenvalue weighted by molar-refractivity contribution is 5.80. The van der Waals surface area contributed by atoms with Crippen molar-refractivity contribution in [1.82, 2.24) is 9.80 Å². The summed E-state index contributed by atoms with van der Waals surface area (Å²) >= 11 is 0. The van der Waals surface area contributed by atoms with Crippen LogP contribution in [0.15, 0.2) is 24.3 Å². The maximum atomic E-state index is 12.6. The molecule has 1 N–H and O–H groups in total. The van der Waals surface area contributed by atoms with Gasteiger partial charge >= 0.3 is 0 Å². The first-order valence-electron chi connectivity index (χ1n) is 8.07. The summed E-state index contributed by atoms with van der Waals surface area (Å²) in [4.78, 5) is 27.8. The molecule has 5 nitrogen and oxygen atoms in total. The quantitative estimate of drug-likeness (QED) is 0.899. The van der Waals surface area contributed by atoms with Crippen molar-refractivity contribution in [2.45, 2.75) is 45.2 Å². The number of aliphatic hydroxyl groups excluding tert-OH is 1. The fraction of sp³-hybridized carbons (Fsp3) is 0.556. The summed E-state index contributed by atoms with van der Waals surface area (Å²) in [6, 6.07) is 7.98. The van der Waals surface area contributed by atoms with Gasteiger partial charge in [-0.25, -0.2) is 0 Å². The van der Waals surface area contributed by atoms with Gasteiger partial charge in [-0.1, -0.05) is 24.3 Å². The van der Waals surface area contributed by atoms with E-state index in [1.807, 2.05) is 31.2 Å². The highest BCUT2D eigenvalue weighted by atomic mass is 16.3. The summed E-state index contributed by atoms with van der Waals surface area (Å²) in [6.07, 6.45) is 1.67. The number of hydrogen-bond acceptors (Lipinski definition) is 3. The Morgan fingerprint density at radius 2 is 2.04 bits per heavy atom. The van der Waals surface area contributed by atoms with E-state index in [0.717, 1.165) is 17.5 Å². The number of aryl methyl sites for hydroxylation is 1. The van der Waals surface area contributed by atoms with Gasteiger partial charge in [-0.15, -0.1) is 0 Å². The molecular formula is C18H26N2O3. The first-order chi connectivity index (χ1) is 10.9. The third-order valence-electron chi connectivity index (χ3n) is 4.85. The fourth-order valence-electron chi connectivity index (χ4n) is 3.38. The lowest BCUT2D eigenvalue weighted by Gasteiger charge is -2.37. The minimum Gasteiger partial charge on any atom is -0.394 e. The molecule has 126 valence electrons. The van der Waals surface area contributed by atoms with Gasteiger partial charge in [-0.05, 0) is 30.9 Å². The van der Waals surface area contributed by atoms with E-state index >= 15 is 0 Å². The minimum absolute atomic E-state index is 0.0459. The molecule has 1 aromatic rings. The third-order valence-corrected chi connectivity index (χ3v) is 4.85. The smallest absolute Gasteiger partial charge is 0.225 e. The summed E-state index contributed by atoms with van der Waals surface area (Å²) in [7, 11) is 1.77. The molecule has 1 aliphatic heterocycles. The molecule has 2 amide bonds. The van der Waals surface area contributed by atoms with Crippen LogP contribution in [-0.2, 0) is 16.1 Å². The highest BCUT2D eigenvalue weighted by Crippen LogP contribution is 2.33. The van der Waals surface area contributed by atoms with Gasteiger partial charge in [-0.2, -0.15) is 0 Å². The molecular weight excluding hydrogens is 292 g/mol. The molecule has 1 atom stereocenters. The van der Waals surface area contributed by atoms with Crippen molar-refractivity contribution in [1.29, 1.82) is 0 Å². The molecule has 2 rings (SSSR count). The summed E-state index contributed by atoms with van der Waals surface area (Å²) in [6.45, 7) is 4.50. The summed E-state index contributed by atoms with van der Waals surface area (Å²) in [5, 5.41) is 9.84. The zero-order valence-electron chi connectivity index (χ0n) is 14.2. The van der Waals surface area contributed by atoms with Gasteiger partial charge in [-0.3, -0.25) is 9.59 Å². The lowest BCUT2D eigenvalue weighted by Crippen LogP contribution is -2.52. The maximum absolute atomic E-state index is 12.6. The molecule has 1 aliphatic rings. The molecule has 1 saturated heterocycles. The Hall–Kier alpha value is -1.88. The monoisotopic (exact) mass is 318 g/mol. The van der Waals surface area contributed by atoms with Crippen LogP contribution < -0.4 is 0 Å². The number of benzene rings is 1. The van der Waals surface area contributed by atoms with E-state index in [1.165, 1.54) is 6.92 Å². The first-order valence-corrected chi connectivity index (χ1v) is 8.07. The predicted octanol–water partition coefficient (Wildman–Crippen LogP) is 1.72. The molecule has 0 aliphatic carbocycles. The average Bonchev–Trinajstić information content (AvgIpc) is 2.93. The van der Waals surface area contributed by atoms with Crippen LogP contribution in [-0.4, -0.2) is 52.5 Å². The second-order valence-corrected chi connectivity index (χ2v) is 6.51. The van der Waals surface area contributed by atoms with Crippen molar-refractivity contribution in [2.75, 3.05) is 20.2 Å². The molecule has 0 spiro atoms. The molecule has 1 aromatic carbocycles. The fourth-order valence-corrected chi connectivity index (χ4v) is 3.38. The van der Waals surface area contributed by atoms with Gasteiger partial charge < -0.3 is 14.9 Å². The van der Waals surface area contributed by atoms with Crippen molar-refractivity contribution >= 4 is 11.8 Å². The lowest BCUT2D eigenvalue weighted by atomic mass is 9.92. The minimum atomic E-state index is -0.733. The summed E-state index contributed by atoms with van der Waals surface area (Å²) in [5.74, 6) is -0.124. The van der Waals surface area contributed by atoms with Crippen LogP contribution in [0, 0.1) is 6.92 Å². The number of aliphatic hydroxyl groups is 1. The van der Waals surface area contributed by atoms with Crippen LogP contribution in [0.1, 0.15) is 37.3 Å². The maximum Gasteiger partial charge on any atom is 0.225 e. The summed E-state index contributed by atoms with van der Waals surface area (Å²) < 4.78 is 0. The number of hydrogen-bond donors (Lipinski definition) is 1. The number of likely N-dealkylation sites (tertiary alicyclic amines) is 1. The standard InChI is InChI=1S/C18H26N2O3/c1-14-7-4-5-8-16(14)12-19(3)17(23)11-18(13-21)9-6-10-20(18)15(2)22/h4-5,7-8,21H,6,9-13H2,1-3H3. The molecule has 23 heavy (non-hydrogen) atoms.